The first kappa shape index (κ1) is 13.1. The summed E-state index contributed by atoms with van der Waals surface area (Å²) in [6.07, 6.45) is 6.60. The summed E-state index contributed by atoms with van der Waals surface area (Å²) < 4.78 is 1.62. The van der Waals surface area contributed by atoms with Gasteiger partial charge in [-0.3, -0.25) is 4.79 Å². The van der Waals surface area contributed by atoms with Gasteiger partial charge >= 0.3 is 0 Å². The molecular weight excluding hydrogens is 254 g/mol. The Labute approximate surface area is 117 Å². The van der Waals surface area contributed by atoms with Gasteiger partial charge in [0.2, 0.25) is 0 Å². The Kier molecular flexibility index (Phi) is 3.40. The van der Waals surface area contributed by atoms with Crippen LogP contribution >= 0.6 is 0 Å². The Morgan fingerprint density at radius 3 is 3.20 bits per heavy atom. The first-order valence-electron chi connectivity index (χ1n) is 7.01. The lowest BCUT2D eigenvalue weighted by Crippen LogP contribution is -2.39. The number of carbonyl (C=O) groups is 1. The molecule has 0 aromatic carbocycles. The van der Waals surface area contributed by atoms with E-state index in [0.29, 0.717) is 23.7 Å². The zero-order valence-electron chi connectivity index (χ0n) is 11.5. The first-order chi connectivity index (χ1) is 9.69. The van der Waals surface area contributed by atoms with E-state index in [-0.39, 0.29) is 11.9 Å². The van der Waals surface area contributed by atoms with Crippen molar-refractivity contribution in [2.75, 3.05) is 6.54 Å². The van der Waals surface area contributed by atoms with Gasteiger partial charge in [-0.05, 0) is 38.3 Å². The van der Waals surface area contributed by atoms with E-state index in [1.807, 2.05) is 19.2 Å². The molecule has 6 nitrogen and oxygen atoms in total. The first-order valence-corrected chi connectivity index (χ1v) is 7.01. The predicted molar refractivity (Wildman–Crippen MR) is 75.4 cm³/mol. The second-order valence-electron chi connectivity index (χ2n) is 5.40. The van der Waals surface area contributed by atoms with Crippen molar-refractivity contribution < 1.29 is 4.79 Å². The maximum Gasteiger partial charge on any atom is 0.256 e. The fraction of sp³-hybridized carbons (Fsp3) is 0.500. The zero-order valence-corrected chi connectivity index (χ0v) is 11.5. The number of fused-ring (bicyclic) bond motifs is 1. The van der Waals surface area contributed by atoms with Crippen LogP contribution in [0.4, 0.5) is 0 Å². The number of amides is 1. The Bertz CT molecular complexity index is 636. The third-order valence-electron chi connectivity index (χ3n) is 4.03. The Morgan fingerprint density at radius 1 is 1.55 bits per heavy atom. The highest BCUT2D eigenvalue weighted by Crippen LogP contribution is 2.25. The number of hydrogen-bond acceptors (Lipinski definition) is 4. The van der Waals surface area contributed by atoms with Gasteiger partial charge < -0.3 is 11.1 Å². The minimum atomic E-state index is -0.108. The predicted octanol–water partition coefficient (Wildman–Crippen LogP) is 0.895. The van der Waals surface area contributed by atoms with E-state index in [0.717, 1.165) is 25.0 Å². The number of hydrogen-bond donors (Lipinski definition) is 2. The fourth-order valence-electron chi connectivity index (χ4n) is 2.87. The van der Waals surface area contributed by atoms with Crippen LogP contribution in [0.5, 0.6) is 0 Å². The van der Waals surface area contributed by atoms with Gasteiger partial charge in [-0.25, -0.2) is 9.50 Å². The van der Waals surface area contributed by atoms with Gasteiger partial charge in [0.25, 0.3) is 5.91 Å². The molecule has 1 fully saturated rings. The van der Waals surface area contributed by atoms with Crippen LogP contribution in [0, 0.1) is 12.8 Å². The molecule has 1 amide bonds. The molecule has 0 spiro atoms. The molecule has 6 heteroatoms. The normalized spacial score (nSPS) is 22.3. The number of carbonyl (C=O) groups excluding carboxylic acids is 1. The summed E-state index contributed by atoms with van der Waals surface area (Å²) in [6, 6.07) is 2.04. The van der Waals surface area contributed by atoms with E-state index in [1.165, 1.54) is 0 Å². The molecule has 2 heterocycles. The van der Waals surface area contributed by atoms with E-state index in [2.05, 4.69) is 15.4 Å². The SMILES string of the molecule is Cc1ccn2ncc(C(=O)NC3CCCC3CN)c2n1. The summed E-state index contributed by atoms with van der Waals surface area (Å²) in [5, 5.41) is 7.24. The lowest BCUT2D eigenvalue weighted by atomic mass is 10.0. The standard InChI is InChI=1S/C14H19N5O/c1-9-5-6-19-13(17-9)11(8-16-19)14(20)18-12-4-2-3-10(12)7-15/h5-6,8,10,12H,2-4,7,15H2,1H3,(H,18,20). The molecule has 0 bridgehead atoms. The average molecular weight is 273 g/mol. The minimum Gasteiger partial charge on any atom is -0.349 e. The van der Waals surface area contributed by atoms with Gasteiger partial charge in [0.15, 0.2) is 5.65 Å². The molecule has 0 aliphatic heterocycles. The highest BCUT2D eigenvalue weighted by atomic mass is 16.1. The van der Waals surface area contributed by atoms with E-state index in [4.69, 9.17) is 5.73 Å². The number of rotatable bonds is 3. The van der Waals surface area contributed by atoms with Crippen LogP contribution in [0.2, 0.25) is 0 Å². The summed E-state index contributed by atoms with van der Waals surface area (Å²) in [6.45, 7) is 2.52. The average Bonchev–Trinajstić information content (AvgIpc) is 3.04. The molecule has 0 radical (unpaired) electrons. The van der Waals surface area contributed by atoms with Crippen molar-refractivity contribution in [1.29, 1.82) is 0 Å². The summed E-state index contributed by atoms with van der Waals surface area (Å²) in [7, 11) is 0. The molecular formula is C14H19N5O. The van der Waals surface area contributed by atoms with E-state index in [1.54, 1.807) is 10.7 Å². The molecule has 3 rings (SSSR count). The summed E-state index contributed by atoms with van der Waals surface area (Å²) >= 11 is 0. The van der Waals surface area contributed by atoms with E-state index in [9.17, 15) is 4.79 Å². The van der Waals surface area contributed by atoms with Crippen LogP contribution in [-0.4, -0.2) is 33.1 Å². The molecule has 2 aromatic heterocycles. The smallest absolute Gasteiger partial charge is 0.256 e. The second-order valence-corrected chi connectivity index (χ2v) is 5.40. The molecule has 1 saturated carbocycles. The van der Waals surface area contributed by atoms with Crippen LogP contribution < -0.4 is 11.1 Å². The van der Waals surface area contributed by atoms with Crippen molar-refractivity contribution >= 4 is 11.6 Å². The number of nitrogens with zero attached hydrogens (tertiary/aromatic N) is 3. The Balaban J connectivity index is 1.84. The summed E-state index contributed by atoms with van der Waals surface area (Å²) in [5.41, 5.74) is 7.74. The maximum absolute atomic E-state index is 12.4. The van der Waals surface area contributed by atoms with Gasteiger partial charge in [0, 0.05) is 17.9 Å². The lowest BCUT2D eigenvalue weighted by Gasteiger charge is -2.18. The monoisotopic (exact) mass is 273 g/mol. The third kappa shape index (κ3) is 2.27. The van der Waals surface area contributed by atoms with Crippen LogP contribution in [0.3, 0.4) is 0 Å². The van der Waals surface area contributed by atoms with Crippen LogP contribution in [0.1, 0.15) is 35.3 Å². The Morgan fingerprint density at radius 2 is 2.40 bits per heavy atom. The zero-order chi connectivity index (χ0) is 14.1. The number of aryl methyl sites for hydroxylation is 1. The van der Waals surface area contributed by atoms with Crippen molar-refractivity contribution in [3.8, 4) is 0 Å². The van der Waals surface area contributed by atoms with E-state index < -0.39 is 0 Å². The van der Waals surface area contributed by atoms with Crippen molar-refractivity contribution in [3.63, 3.8) is 0 Å². The van der Waals surface area contributed by atoms with E-state index >= 15 is 0 Å². The molecule has 106 valence electrons. The van der Waals surface area contributed by atoms with Crippen LogP contribution in [0.25, 0.3) is 5.65 Å². The molecule has 0 saturated heterocycles. The van der Waals surface area contributed by atoms with Crippen molar-refractivity contribution in [1.82, 2.24) is 19.9 Å². The molecule has 2 unspecified atom stereocenters. The van der Waals surface area contributed by atoms with Crippen LogP contribution in [-0.2, 0) is 0 Å². The molecule has 3 N–H and O–H groups in total. The third-order valence-corrected chi connectivity index (χ3v) is 4.03. The largest absolute Gasteiger partial charge is 0.349 e. The second kappa shape index (κ2) is 5.20. The molecule has 1 aliphatic carbocycles. The molecule has 2 aromatic rings. The van der Waals surface area contributed by atoms with Gasteiger partial charge in [-0.15, -0.1) is 0 Å². The van der Waals surface area contributed by atoms with Gasteiger partial charge in [-0.2, -0.15) is 5.10 Å². The lowest BCUT2D eigenvalue weighted by molar-refractivity contribution is 0.0930. The number of nitrogens with one attached hydrogen (secondary N) is 1. The van der Waals surface area contributed by atoms with Gasteiger partial charge in [-0.1, -0.05) is 6.42 Å². The Hall–Kier alpha value is -1.95. The summed E-state index contributed by atoms with van der Waals surface area (Å²) in [4.78, 5) is 16.8. The fourth-order valence-corrected chi connectivity index (χ4v) is 2.87. The van der Waals surface area contributed by atoms with Gasteiger partial charge in [0.05, 0.1) is 6.20 Å². The molecule has 2 atom stereocenters. The highest BCUT2D eigenvalue weighted by Gasteiger charge is 2.28. The maximum atomic E-state index is 12.4. The topological polar surface area (TPSA) is 85.3 Å². The number of aromatic nitrogens is 3. The minimum absolute atomic E-state index is 0.108. The van der Waals surface area contributed by atoms with Crippen molar-refractivity contribution in [2.24, 2.45) is 11.7 Å². The number of nitrogens with two attached hydrogens (primary N) is 1. The van der Waals surface area contributed by atoms with Gasteiger partial charge in [0.1, 0.15) is 5.56 Å². The quantitative estimate of drug-likeness (QED) is 0.870. The van der Waals surface area contributed by atoms with Crippen LogP contribution in [0.15, 0.2) is 18.5 Å². The summed E-state index contributed by atoms with van der Waals surface area (Å²) in [5.74, 6) is 0.277. The molecule has 1 aliphatic rings. The highest BCUT2D eigenvalue weighted by molar-refractivity contribution is 5.99. The van der Waals surface area contributed by atoms with Crippen molar-refractivity contribution in [2.45, 2.75) is 32.2 Å². The molecule has 20 heavy (non-hydrogen) atoms. The van der Waals surface area contributed by atoms with Crippen molar-refractivity contribution in [3.05, 3.63) is 29.7 Å².